The highest BCUT2D eigenvalue weighted by atomic mass is 19.3. The zero-order chi connectivity index (χ0) is 19.6. The second-order valence-electron chi connectivity index (χ2n) is 7.06. The fourth-order valence-electron chi connectivity index (χ4n) is 3.54. The fraction of sp³-hybridized carbons (Fsp3) is 0.619. The molecule has 2 nitrogen and oxygen atoms in total. The molecule has 6 heteroatoms. The summed E-state index contributed by atoms with van der Waals surface area (Å²) in [6.45, 7) is -1.01. The summed E-state index contributed by atoms with van der Waals surface area (Å²) >= 11 is 0. The minimum atomic E-state index is -2.90. The first-order valence-corrected chi connectivity index (χ1v) is 9.54. The molecule has 1 aromatic rings. The Morgan fingerprint density at radius 2 is 1.70 bits per heavy atom. The number of rotatable bonds is 10. The van der Waals surface area contributed by atoms with Crippen molar-refractivity contribution >= 4 is 0 Å². The average molecular weight is 388 g/mol. The number of halogens is 4. The molecule has 0 spiro atoms. The minimum Gasteiger partial charge on any atom is -0.435 e. The maximum Gasteiger partial charge on any atom is 0.387 e. The van der Waals surface area contributed by atoms with E-state index in [4.69, 9.17) is 4.74 Å². The lowest BCUT2D eigenvalue weighted by molar-refractivity contribution is -0.115. The lowest BCUT2D eigenvalue weighted by Crippen LogP contribution is -2.31. The monoisotopic (exact) mass is 388 g/mol. The molecule has 1 aromatic carbocycles. The predicted octanol–water partition coefficient (Wildman–Crippen LogP) is 6.60. The highest BCUT2D eigenvalue weighted by molar-refractivity contribution is 5.26. The summed E-state index contributed by atoms with van der Waals surface area (Å²) in [5.74, 6) is 0.303. The molecule has 1 saturated carbocycles. The second-order valence-corrected chi connectivity index (χ2v) is 7.06. The van der Waals surface area contributed by atoms with Crippen LogP contribution in [0.15, 0.2) is 36.4 Å². The maximum atomic E-state index is 14.4. The normalized spacial score (nSPS) is 22.9. The van der Waals surface area contributed by atoms with Crippen LogP contribution in [0.2, 0.25) is 0 Å². The van der Waals surface area contributed by atoms with E-state index in [0.717, 1.165) is 25.7 Å². The summed E-state index contributed by atoms with van der Waals surface area (Å²) < 4.78 is 62.0. The van der Waals surface area contributed by atoms with Gasteiger partial charge in [-0.1, -0.05) is 37.1 Å². The molecule has 2 atom stereocenters. The van der Waals surface area contributed by atoms with Gasteiger partial charge in [-0.25, -0.2) is 8.78 Å². The van der Waals surface area contributed by atoms with Crippen LogP contribution in [0.25, 0.3) is 0 Å². The van der Waals surface area contributed by atoms with Gasteiger partial charge in [-0.2, -0.15) is 8.78 Å². The zero-order valence-corrected chi connectivity index (χ0v) is 15.6. The Kier molecular flexibility index (Phi) is 9.11. The summed E-state index contributed by atoms with van der Waals surface area (Å²) in [6, 6.07) is 5.68. The van der Waals surface area contributed by atoms with Gasteiger partial charge in [0.1, 0.15) is 5.75 Å². The van der Waals surface area contributed by atoms with E-state index in [9.17, 15) is 17.6 Å². The SMILES string of the molecule is CC=CCCC1CCC(C(F)C(F)OCc2ccc(OC(F)F)cc2)CC1. The van der Waals surface area contributed by atoms with Gasteiger partial charge in [-0.15, -0.1) is 0 Å². The van der Waals surface area contributed by atoms with Crippen molar-refractivity contribution in [3.63, 3.8) is 0 Å². The first kappa shape index (κ1) is 21.7. The molecular formula is C21H28F4O2. The van der Waals surface area contributed by atoms with E-state index in [2.05, 4.69) is 10.8 Å². The Morgan fingerprint density at radius 3 is 2.30 bits per heavy atom. The molecule has 2 unspecified atom stereocenters. The number of benzene rings is 1. The van der Waals surface area contributed by atoms with Gasteiger partial charge in [0.05, 0.1) is 6.61 Å². The molecule has 27 heavy (non-hydrogen) atoms. The molecule has 0 radical (unpaired) electrons. The van der Waals surface area contributed by atoms with Gasteiger partial charge >= 0.3 is 6.61 Å². The predicted molar refractivity (Wildman–Crippen MR) is 97.2 cm³/mol. The first-order valence-electron chi connectivity index (χ1n) is 9.54. The molecule has 0 N–H and O–H groups in total. The molecule has 0 aromatic heterocycles. The minimum absolute atomic E-state index is 0.0140. The summed E-state index contributed by atoms with van der Waals surface area (Å²) in [5.41, 5.74) is 0.569. The number of allylic oxidation sites excluding steroid dienone is 2. The van der Waals surface area contributed by atoms with Crippen molar-refractivity contribution < 1.29 is 27.0 Å². The van der Waals surface area contributed by atoms with E-state index in [-0.39, 0.29) is 18.3 Å². The van der Waals surface area contributed by atoms with Crippen LogP contribution in [0.4, 0.5) is 17.6 Å². The van der Waals surface area contributed by atoms with E-state index in [0.29, 0.717) is 24.3 Å². The van der Waals surface area contributed by atoms with Crippen LogP contribution in [0, 0.1) is 11.8 Å². The van der Waals surface area contributed by atoms with Gasteiger partial charge in [0.15, 0.2) is 6.17 Å². The van der Waals surface area contributed by atoms with Crippen LogP contribution >= 0.6 is 0 Å². The lowest BCUT2D eigenvalue weighted by atomic mass is 9.78. The van der Waals surface area contributed by atoms with E-state index in [1.54, 1.807) is 0 Å². The van der Waals surface area contributed by atoms with E-state index < -0.39 is 19.1 Å². The third-order valence-corrected chi connectivity index (χ3v) is 5.13. The molecule has 0 heterocycles. The Labute approximate surface area is 158 Å². The summed E-state index contributed by atoms with van der Waals surface area (Å²) in [5, 5.41) is 0. The number of hydrogen-bond donors (Lipinski definition) is 0. The third kappa shape index (κ3) is 7.53. The molecule has 152 valence electrons. The average Bonchev–Trinajstić information content (AvgIpc) is 2.67. The smallest absolute Gasteiger partial charge is 0.387 e. The molecular weight excluding hydrogens is 360 g/mol. The molecule has 0 amide bonds. The van der Waals surface area contributed by atoms with Crippen molar-refractivity contribution in [3.05, 3.63) is 42.0 Å². The standard InChI is InChI=1S/C21H28F4O2/c1-2-3-4-5-15-6-10-17(11-7-15)19(22)20(23)26-14-16-8-12-18(13-9-16)27-21(24)25/h2-3,8-9,12-13,15,17,19-21H,4-7,10-11,14H2,1H3. The Hall–Kier alpha value is -1.56. The summed E-state index contributed by atoms with van der Waals surface area (Å²) in [4.78, 5) is 0. The van der Waals surface area contributed by atoms with Crippen LogP contribution in [-0.2, 0) is 11.3 Å². The van der Waals surface area contributed by atoms with Crippen molar-refractivity contribution in [3.8, 4) is 5.75 Å². The van der Waals surface area contributed by atoms with Gasteiger partial charge in [0.25, 0.3) is 0 Å². The van der Waals surface area contributed by atoms with Gasteiger partial charge in [-0.3, -0.25) is 0 Å². The Bertz CT molecular complexity index is 554. The molecule has 0 aliphatic heterocycles. The summed E-state index contributed by atoms with van der Waals surface area (Å²) in [6.07, 6.45) is 5.94. The van der Waals surface area contributed by atoms with Crippen LogP contribution in [0.5, 0.6) is 5.75 Å². The van der Waals surface area contributed by atoms with E-state index >= 15 is 0 Å². The van der Waals surface area contributed by atoms with Crippen molar-refractivity contribution in [2.75, 3.05) is 0 Å². The highest BCUT2D eigenvalue weighted by Gasteiger charge is 2.33. The van der Waals surface area contributed by atoms with Crippen molar-refractivity contribution in [1.82, 2.24) is 0 Å². The molecule has 1 aliphatic rings. The van der Waals surface area contributed by atoms with Gasteiger partial charge in [0.2, 0.25) is 6.36 Å². The van der Waals surface area contributed by atoms with Gasteiger partial charge in [0, 0.05) is 0 Å². The molecule has 2 rings (SSSR count). The maximum absolute atomic E-state index is 14.4. The van der Waals surface area contributed by atoms with Crippen LogP contribution in [0.3, 0.4) is 0 Å². The Balaban J connectivity index is 1.71. The highest BCUT2D eigenvalue weighted by Crippen LogP contribution is 2.36. The van der Waals surface area contributed by atoms with Crippen molar-refractivity contribution in [1.29, 1.82) is 0 Å². The number of hydrogen-bond acceptors (Lipinski definition) is 2. The lowest BCUT2D eigenvalue weighted by Gasteiger charge is -2.31. The van der Waals surface area contributed by atoms with Crippen molar-refractivity contribution in [2.45, 2.75) is 71.2 Å². The second kappa shape index (κ2) is 11.3. The molecule has 1 fully saturated rings. The van der Waals surface area contributed by atoms with Gasteiger partial charge < -0.3 is 9.47 Å². The molecule has 0 bridgehead atoms. The fourth-order valence-corrected chi connectivity index (χ4v) is 3.54. The van der Waals surface area contributed by atoms with Gasteiger partial charge in [-0.05, 0) is 62.1 Å². The van der Waals surface area contributed by atoms with Crippen molar-refractivity contribution in [2.24, 2.45) is 11.8 Å². The number of ether oxygens (including phenoxy) is 2. The van der Waals surface area contributed by atoms with Crippen LogP contribution in [0.1, 0.15) is 51.0 Å². The summed E-state index contributed by atoms with van der Waals surface area (Å²) in [7, 11) is 0. The molecule has 1 aliphatic carbocycles. The first-order chi connectivity index (χ1) is 13.0. The van der Waals surface area contributed by atoms with E-state index in [1.165, 1.54) is 24.3 Å². The zero-order valence-electron chi connectivity index (χ0n) is 15.6. The quantitative estimate of drug-likeness (QED) is 0.332. The third-order valence-electron chi connectivity index (χ3n) is 5.13. The molecule has 0 saturated heterocycles. The van der Waals surface area contributed by atoms with Crippen LogP contribution < -0.4 is 4.74 Å². The topological polar surface area (TPSA) is 18.5 Å². The number of alkyl halides is 4. The Morgan fingerprint density at radius 1 is 1.04 bits per heavy atom. The van der Waals surface area contributed by atoms with Crippen LogP contribution in [-0.4, -0.2) is 19.1 Å². The largest absolute Gasteiger partial charge is 0.435 e. The van der Waals surface area contributed by atoms with E-state index in [1.807, 2.05) is 13.0 Å².